The largest absolute Gasteiger partial charge is 0.462 e. The third-order valence-electron chi connectivity index (χ3n) is 12.5. The Labute approximate surface area is 484 Å². The van der Waals surface area contributed by atoms with Crippen LogP contribution in [0.4, 0.5) is 81.2 Å². The number of nitrogens with zero attached hydrogens (tertiary/aromatic N) is 8. The summed E-state index contributed by atoms with van der Waals surface area (Å²) in [6.45, 7) is 4.10. The molecule has 0 atom stereocenters. The van der Waals surface area contributed by atoms with Gasteiger partial charge in [-0.1, -0.05) is 72.8 Å². The molecule has 0 unspecified atom stereocenters. The Bertz CT molecular complexity index is 3610. The van der Waals surface area contributed by atoms with Gasteiger partial charge in [0, 0.05) is 45.5 Å². The number of rotatable bonds is 22. The number of nitrogens with one attached hydrogen (secondary N) is 4. The average molecular weight is 1110 g/mol. The Balaban J connectivity index is 0.767. The summed E-state index contributed by atoms with van der Waals surface area (Å²) in [6, 6.07) is 75.4. The van der Waals surface area contributed by atoms with Crippen molar-refractivity contribution in [2.75, 3.05) is 44.3 Å². The number of esters is 2. The second kappa shape index (κ2) is 26.1. The smallest absolute Gasteiger partial charge is 0.338 e. The monoisotopic (exact) mass is 1110 g/mol. The van der Waals surface area contributed by atoms with E-state index in [2.05, 4.69) is 21.3 Å². The Hall–Kier alpha value is -11.7. The molecule has 0 aliphatic heterocycles. The third kappa shape index (κ3) is 13.8. The van der Waals surface area contributed by atoms with Gasteiger partial charge < -0.3 is 40.2 Å². The van der Waals surface area contributed by atoms with Gasteiger partial charge in [0.2, 0.25) is 35.7 Å². The molecule has 414 valence electrons. The Morgan fingerprint density at radius 1 is 0.321 bits per heavy atom. The fourth-order valence-corrected chi connectivity index (χ4v) is 8.61. The number of carbonyl (C=O) groups is 2. The molecule has 11 aromatic rings. The quantitative estimate of drug-likeness (QED) is 0.0466. The molecule has 0 bridgehead atoms. The van der Waals surface area contributed by atoms with Crippen molar-refractivity contribution in [1.82, 2.24) is 29.9 Å². The fourth-order valence-electron chi connectivity index (χ4n) is 8.61. The zero-order valence-corrected chi connectivity index (χ0v) is 45.5. The topological polar surface area (TPSA) is 203 Å². The number of para-hydroxylation sites is 4. The van der Waals surface area contributed by atoms with Crippen molar-refractivity contribution >= 4 is 93.1 Å². The molecule has 18 nitrogen and oxygen atoms in total. The number of hydrogen-bond donors (Lipinski definition) is 4. The highest BCUT2D eigenvalue weighted by Crippen LogP contribution is 2.36. The van der Waals surface area contributed by atoms with Crippen molar-refractivity contribution in [2.24, 2.45) is 0 Å². The molecule has 0 saturated carbocycles. The van der Waals surface area contributed by atoms with Gasteiger partial charge >= 0.3 is 11.9 Å². The van der Waals surface area contributed by atoms with Crippen LogP contribution in [0.1, 0.15) is 34.6 Å². The molecule has 0 radical (unpaired) electrons. The minimum atomic E-state index is -0.400. The van der Waals surface area contributed by atoms with Crippen LogP contribution in [0.3, 0.4) is 0 Å². The molecule has 9 aromatic carbocycles. The van der Waals surface area contributed by atoms with Gasteiger partial charge in [-0.2, -0.15) is 29.9 Å². The number of hydrogen-bond acceptors (Lipinski definition) is 18. The minimum absolute atomic E-state index is 0.271. The van der Waals surface area contributed by atoms with E-state index in [1.807, 2.05) is 204 Å². The minimum Gasteiger partial charge on any atom is -0.462 e. The van der Waals surface area contributed by atoms with E-state index in [4.69, 9.17) is 48.9 Å². The number of anilines is 14. The normalized spacial score (nSPS) is 10.7. The van der Waals surface area contributed by atoms with Crippen LogP contribution in [0.15, 0.2) is 243 Å². The molecule has 0 aliphatic carbocycles. The fraction of sp³-hybridized carbons (Fsp3) is 0.0606. The van der Waals surface area contributed by atoms with Crippen molar-refractivity contribution in [3.05, 3.63) is 254 Å². The number of ether oxygens (including phenoxy) is 4. The van der Waals surface area contributed by atoms with Gasteiger partial charge in [-0.05, 0) is 184 Å². The molecule has 0 spiro atoms. The Morgan fingerprint density at radius 2 is 0.560 bits per heavy atom. The lowest BCUT2D eigenvalue weighted by Gasteiger charge is -2.24. The molecular formula is C66H54N12O6. The highest BCUT2D eigenvalue weighted by atomic mass is 16.5. The summed E-state index contributed by atoms with van der Waals surface area (Å²) in [4.78, 5) is 57.7. The first-order chi connectivity index (χ1) is 41.3. The molecule has 2 heterocycles. The predicted octanol–water partition coefficient (Wildman–Crippen LogP) is 15.9. The Morgan fingerprint density at radius 3 is 0.810 bits per heavy atom. The lowest BCUT2D eigenvalue weighted by molar-refractivity contribution is 0.0517. The summed E-state index contributed by atoms with van der Waals surface area (Å²) in [5, 5.41) is 13.3. The molecule has 0 amide bonds. The first-order valence-electron chi connectivity index (χ1n) is 26.9. The van der Waals surface area contributed by atoms with Crippen molar-refractivity contribution in [3.8, 4) is 23.0 Å². The van der Waals surface area contributed by atoms with E-state index in [-0.39, 0.29) is 37.0 Å². The second-order valence-electron chi connectivity index (χ2n) is 18.4. The van der Waals surface area contributed by atoms with Crippen LogP contribution in [0.25, 0.3) is 0 Å². The predicted molar refractivity (Wildman–Crippen MR) is 326 cm³/mol. The van der Waals surface area contributed by atoms with Gasteiger partial charge in [-0.25, -0.2) is 9.59 Å². The summed E-state index contributed by atoms with van der Waals surface area (Å²) in [5.41, 5.74) is 6.98. The summed E-state index contributed by atoms with van der Waals surface area (Å²) in [6.07, 6.45) is 0. The lowest BCUT2D eigenvalue weighted by Crippen LogP contribution is -2.16. The summed E-state index contributed by atoms with van der Waals surface area (Å²) >= 11 is 0. The van der Waals surface area contributed by atoms with E-state index in [1.165, 1.54) is 0 Å². The van der Waals surface area contributed by atoms with Crippen molar-refractivity contribution in [1.29, 1.82) is 0 Å². The van der Waals surface area contributed by atoms with E-state index < -0.39 is 11.9 Å². The van der Waals surface area contributed by atoms with E-state index in [9.17, 15) is 9.59 Å². The summed E-state index contributed by atoms with van der Waals surface area (Å²) in [7, 11) is 0. The van der Waals surface area contributed by atoms with Crippen LogP contribution in [0.2, 0.25) is 0 Å². The molecular weight excluding hydrogens is 1060 g/mol. The molecule has 2 aromatic heterocycles. The third-order valence-corrected chi connectivity index (χ3v) is 12.5. The van der Waals surface area contributed by atoms with E-state index in [0.717, 1.165) is 22.7 Å². The van der Waals surface area contributed by atoms with Crippen molar-refractivity contribution in [2.45, 2.75) is 13.8 Å². The summed E-state index contributed by atoms with van der Waals surface area (Å²) < 4.78 is 22.8. The van der Waals surface area contributed by atoms with Crippen LogP contribution in [-0.2, 0) is 9.47 Å². The SMILES string of the molecule is CCOC(=O)c1ccc(Nc2nc(Nc3ccc(Oc4ccc(Oc5ccc(Nc6nc(Nc7ccc(C(=O)OCC)cc7)nc(N(c7ccccc7)c7ccccc7)n6)cc5)cc4)cc3)nc(N(c3ccccc3)c3ccccc3)n2)cc1. The van der Waals surface area contributed by atoms with Crippen molar-refractivity contribution < 1.29 is 28.5 Å². The molecule has 18 heteroatoms. The van der Waals surface area contributed by atoms with E-state index >= 15 is 0 Å². The van der Waals surface area contributed by atoms with Crippen LogP contribution in [0, 0.1) is 0 Å². The zero-order chi connectivity index (χ0) is 57.5. The average Bonchev–Trinajstić information content (AvgIpc) is 3.57. The molecule has 11 rings (SSSR count). The Kier molecular flexibility index (Phi) is 16.9. The van der Waals surface area contributed by atoms with Crippen LogP contribution < -0.4 is 40.5 Å². The maximum Gasteiger partial charge on any atom is 0.338 e. The maximum atomic E-state index is 12.4. The van der Waals surface area contributed by atoms with Gasteiger partial charge in [0.1, 0.15) is 23.0 Å². The highest BCUT2D eigenvalue weighted by Gasteiger charge is 2.21. The van der Waals surface area contributed by atoms with Gasteiger partial charge in [0.05, 0.1) is 24.3 Å². The van der Waals surface area contributed by atoms with Gasteiger partial charge in [0.15, 0.2) is 0 Å². The molecule has 0 saturated heterocycles. The molecule has 0 aliphatic rings. The van der Waals surface area contributed by atoms with Crippen molar-refractivity contribution in [3.63, 3.8) is 0 Å². The maximum absolute atomic E-state index is 12.4. The van der Waals surface area contributed by atoms with Gasteiger partial charge in [-0.3, -0.25) is 9.80 Å². The number of carbonyl (C=O) groups excluding carboxylic acids is 2. The van der Waals surface area contributed by atoms with Gasteiger partial charge in [0.25, 0.3) is 0 Å². The van der Waals surface area contributed by atoms with Crippen LogP contribution >= 0.6 is 0 Å². The zero-order valence-electron chi connectivity index (χ0n) is 45.5. The van der Waals surface area contributed by atoms with E-state index in [0.29, 0.717) is 68.8 Å². The molecule has 84 heavy (non-hydrogen) atoms. The second-order valence-corrected chi connectivity index (χ2v) is 18.4. The van der Waals surface area contributed by atoms with E-state index in [1.54, 1.807) is 62.4 Å². The first-order valence-corrected chi connectivity index (χ1v) is 26.9. The molecule has 4 N–H and O–H groups in total. The lowest BCUT2D eigenvalue weighted by atomic mass is 10.2. The number of benzene rings is 9. The standard InChI is InChI=1S/C66H54N12O6/c1-3-81-59(79)45-25-29-47(30-26-45)67-61-71-63(75-65(73-61)77(51-17-9-5-10-18-51)52-19-11-6-12-20-52)69-49-33-37-55(38-34-49)83-57-41-43-58(44-42-57)84-56-39-35-50(36-40-56)70-64-72-62(68-48-31-27-46(28-32-48)60(80)82-4-2)74-66(76-64)78(53-21-13-7-14-22-53)54-23-15-8-16-24-54/h5-44H,3-4H2,1-2H3,(H2,67,69,71,73,75)(H2,68,70,72,74,76). The summed E-state index contributed by atoms with van der Waals surface area (Å²) in [5.74, 6) is 3.45. The first kappa shape index (κ1) is 54.3. The van der Waals surface area contributed by atoms with Gasteiger partial charge in [-0.15, -0.1) is 0 Å². The van der Waals surface area contributed by atoms with Crippen LogP contribution in [0.5, 0.6) is 23.0 Å². The van der Waals surface area contributed by atoms with Crippen LogP contribution in [-0.4, -0.2) is 55.1 Å². The molecule has 0 fully saturated rings. The highest BCUT2D eigenvalue weighted by molar-refractivity contribution is 5.90. The number of aromatic nitrogens is 6.